The Morgan fingerprint density at radius 1 is 0.781 bits per heavy atom. The van der Waals surface area contributed by atoms with Gasteiger partial charge < -0.3 is 24.8 Å². The van der Waals surface area contributed by atoms with Crippen molar-refractivity contribution in [2.24, 2.45) is 5.92 Å². The van der Waals surface area contributed by atoms with Crippen molar-refractivity contribution in [3.8, 4) is 5.75 Å². The van der Waals surface area contributed by atoms with Crippen LogP contribution in [-0.2, 0) is 14.3 Å². The van der Waals surface area contributed by atoms with E-state index >= 15 is 0 Å². The van der Waals surface area contributed by atoms with Gasteiger partial charge in [0.2, 0.25) is 5.91 Å². The maximum absolute atomic E-state index is 12.9. The zero-order valence-corrected chi connectivity index (χ0v) is 18.6. The zero-order valence-electron chi connectivity index (χ0n) is 18.6. The van der Waals surface area contributed by atoms with Crippen LogP contribution < -0.4 is 15.4 Å². The van der Waals surface area contributed by atoms with Crippen LogP contribution in [0.15, 0.2) is 42.5 Å². The number of nitrogens with one attached hydrogen (secondary N) is 2. The van der Waals surface area contributed by atoms with Crippen LogP contribution in [0.25, 0.3) is 0 Å². The van der Waals surface area contributed by atoms with Crippen LogP contribution in [0.2, 0.25) is 0 Å². The van der Waals surface area contributed by atoms with E-state index in [0.717, 1.165) is 0 Å². The summed E-state index contributed by atoms with van der Waals surface area (Å²) in [6, 6.07) is 9.64. The largest absolute Gasteiger partial charge is 0.497 e. The van der Waals surface area contributed by atoms with E-state index in [0.29, 0.717) is 11.3 Å². The number of hydrogen-bond donors (Lipinski definition) is 2. The van der Waals surface area contributed by atoms with Gasteiger partial charge in [0.25, 0.3) is 5.91 Å². The van der Waals surface area contributed by atoms with E-state index < -0.39 is 29.8 Å². The molecule has 170 valence electrons. The Balaban J connectivity index is 2.25. The van der Waals surface area contributed by atoms with Crippen molar-refractivity contribution in [3.63, 3.8) is 0 Å². The first-order chi connectivity index (χ1) is 15.2. The van der Waals surface area contributed by atoms with Crippen molar-refractivity contribution in [3.05, 3.63) is 59.2 Å². The first kappa shape index (κ1) is 24.4. The lowest BCUT2D eigenvalue weighted by Crippen LogP contribution is -2.47. The van der Waals surface area contributed by atoms with Crippen molar-refractivity contribution in [1.82, 2.24) is 5.32 Å². The molecule has 0 aromatic heterocycles. The number of ether oxygens (including phenoxy) is 3. The molecule has 0 saturated carbocycles. The van der Waals surface area contributed by atoms with Crippen molar-refractivity contribution < 1.29 is 33.4 Å². The fourth-order valence-electron chi connectivity index (χ4n) is 2.89. The smallest absolute Gasteiger partial charge is 0.337 e. The molecule has 1 atom stereocenters. The summed E-state index contributed by atoms with van der Waals surface area (Å²) in [7, 11) is 3.93. The second-order valence-electron chi connectivity index (χ2n) is 7.20. The molecule has 0 spiro atoms. The van der Waals surface area contributed by atoms with E-state index in [9.17, 15) is 19.2 Å². The molecule has 2 rings (SSSR count). The highest BCUT2D eigenvalue weighted by Gasteiger charge is 2.25. The lowest BCUT2D eigenvalue weighted by atomic mass is 10.0. The number of esters is 2. The van der Waals surface area contributed by atoms with E-state index in [1.807, 2.05) is 0 Å². The van der Waals surface area contributed by atoms with Gasteiger partial charge in [-0.05, 0) is 48.4 Å². The molecular formula is C23H26N2O7. The van der Waals surface area contributed by atoms with Crippen molar-refractivity contribution >= 4 is 29.4 Å². The van der Waals surface area contributed by atoms with Gasteiger partial charge in [-0.2, -0.15) is 0 Å². The van der Waals surface area contributed by atoms with Gasteiger partial charge in [0.05, 0.1) is 32.5 Å². The zero-order chi connectivity index (χ0) is 23.8. The molecule has 0 bridgehead atoms. The molecule has 9 heteroatoms. The maximum Gasteiger partial charge on any atom is 0.337 e. The van der Waals surface area contributed by atoms with E-state index in [-0.39, 0.29) is 22.7 Å². The van der Waals surface area contributed by atoms with Crippen LogP contribution in [-0.4, -0.2) is 51.1 Å². The molecule has 0 radical (unpaired) electrons. The predicted molar refractivity (Wildman–Crippen MR) is 117 cm³/mol. The molecule has 2 N–H and O–H groups in total. The van der Waals surface area contributed by atoms with Gasteiger partial charge in [0.1, 0.15) is 11.8 Å². The lowest BCUT2D eigenvalue weighted by Gasteiger charge is -2.22. The Morgan fingerprint density at radius 2 is 1.31 bits per heavy atom. The molecule has 0 aliphatic carbocycles. The van der Waals surface area contributed by atoms with Gasteiger partial charge in [-0.3, -0.25) is 9.59 Å². The standard InChI is InChI=1S/C23H26N2O7/c1-13(2)19(25-20(26)14-6-8-18(30-3)9-7-14)21(27)24-17-11-15(22(28)31-4)10-16(12-17)23(29)32-5/h6-13,19H,1-5H3,(H,24,27)(H,25,26)/t19-/m0/s1. The minimum atomic E-state index is -0.882. The molecular weight excluding hydrogens is 416 g/mol. The van der Waals surface area contributed by atoms with Gasteiger partial charge in [-0.1, -0.05) is 13.8 Å². The van der Waals surface area contributed by atoms with Crippen LogP contribution in [0.3, 0.4) is 0 Å². The molecule has 2 amide bonds. The average molecular weight is 442 g/mol. The van der Waals surface area contributed by atoms with Crippen molar-refractivity contribution in [1.29, 1.82) is 0 Å². The highest BCUT2D eigenvalue weighted by molar-refractivity contribution is 6.03. The minimum absolute atomic E-state index is 0.0639. The number of hydrogen-bond acceptors (Lipinski definition) is 7. The quantitative estimate of drug-likeness (QED) is 0.603. The van der Waals surface area contributed by atoms with E-state index in [1.165, 1.54) is 39.5 Å². The molecule has 0 unspecified atom stereocenters. The number of anilines is 1. The molecule has 0 saturated heterocycles. The Bertz CT molecular complexity index is 966. The van der Waals surface area contributed by atoms with Crippen LogP contribution in [0.1, 0.15) is 44.9 Å². The Morgan fingerprint density at radius 3 is 1.75 bits per heavy atom. The molecule has 0 aliphatic heterocycles. The fraction of sp³-hybridized carbons (Fsp3) is 0.304. The number of benzene rings is 2. The highest BCUT2D eigenvalue weighted by atomic mass is 16.5. The van der Waals surface area contributed by atoms with Gasteiger partial charge in [0, 0.05) is 11.3 Å². The number of carbonyl (C=O) groups is 4. The normalized spacial score (nSPS) is 11.3. The molecule has 0 fully saturated rings. The third kappa shape index (κ3) is 6.07. The third-order valence-electron chi connectivity index (χ3n) is 4.63. The molecule has 0 heterocycles. The minimum Gasteiger partial charge on any atom is -0.497 e. The predicted octanol–water partition coefficient (Wildman–Crippen LogP) is 2.66. The summed E-state index contributed by atoms with van der Waals surface area (Å²) in [5.41, 5.74) is 0.677. The van der Waals surface area contributed by atoms with Crippen LogP contribution in [0.4, 0.5) is 5.69 Å². The number of carbonyl (C=O) groups excluding carboxylic acids is 4. The van der Waals surface area contributed by atoms with E-state index in [1.54, 1.807) is 38.1 Å². The summed E-state index contributed by atoms with van der Waals surface area (Å²) in [6.45, 7) is 3.56. The summed E-state index contributed by atoms with van der Waals surface area (Å²) in [5.74, 6) is -1.95. The van der Waals surface area contributed by atoms with E-state index in [4.69, 9.17) is 14.2 Å². The SMILES string of the molecule is COC(=O)c1cc(NC(=O)[C@@H](NC(=O)c2ccc(OC)cc2)C(C)C)cc(C(=O)OC)c1. The van der Waals surface area contributed by atoms with E-state index in [2.05, 4.69) is 10.6 Å². The summed E-state index contributed by atoms with van der Waals surface area (Å²) in [4.78, 5) is 49.5. The van der Waals surface area contributed by atoms with Crippen LogP contribution in [0, 0.1) is 5.92 Å². The van der Waals surface area contributed by atoms with Crippen LogP contribution in [0.5, 0.6) is 5.75 Å². The molecule has 9 nitrogen and oxygen atoms in total. The van der Waals surface area contributed by atoms with Gasteiger partial charge in [-0.15, -0.1) is 0 Å². The number of amides is 2. The fourth-order valence-corrected chi connectivity index (χ4v) is 2.89. The lowest BCUT2D eigenvalue weighted by molar-refractivity contribution is -0.118. The Kier molecular flexibility index (Phi) is 8.34. The summed E-state index contributed by atoms with van der Waals surface area (Å²) in [5, 5.41) is 5.36. The average Bonchev–Trinajstić information content (AvgIpc) is 2.80. The molecule has 32 heavy (non-hydrogen) atoms. The highest BCUT2D eigenvalue weighted by Crippen LogP contribution is 2.18. The van der Waals surface area contributed by atoms with Crippen molar-refractivity contribution in [2.45, 2.75) is 19.9 Å². The van der Waals surface area contributed by atoms with Crippen molar-refractivity contribution in [2.75, 3.05) is 26.6 Å². The second-order valence-corrected chi connectivity index (χ2v) is 7.20. The van der Waals surface area contributed by atoms with Gasteiger partial charge in [0.15, 0.2) is 0 Å². The van der Waals surface area contributed by atoms with Gasteiger partial charge >= 0.3 is 11.9 Å². The maximum atomic E-state index is 12.9. The topological polar surface area (TPSA) is 120 Å². The summed E-state index contributed by atoms with van der Waals surface area (Å²) >= 11 is 0. The first-order valence-electron chi connectivity index (χ1n) is 9.77. The molecule has 0 aliphatic rings. The second kappa shape index (κ2) is 10.9. The van der Waals surface area contributed by atoms with Gasteiger partial charge in [-0.25, -0.2) is 9.59 Å². The third-order valence-corrected chi connectivity index (χ3v) is 4.63. The first-order valence-corrected chi connectivity index (χ1v) is 9.77. The molecule has 2 aromatic carbocycles. The summed E-state index contributed by atoms with van der Waals surface area (Å²) in [6.07, 6.45) is 0. The number of methoxy groups -OCH3 is 3. The summed E-state index contributed by atoms with van der Waals surface area (Å²) < 4.78 is 14.5. The molecule has 2 aromatic rings. The monoisotopic (exact) mass is 442 g/mol. The van der Waals surface area contributed by atoms with Crippen LogP contribution >= 0.6 is 0 Å². The Labute approximate surface area is 186 Å². The Hall–Kier alpha value is -3.88. The number of rotatable bonds is 8.